The van der Waals surface area contributed by atoms with Crippen LogP contribution in [0.2, 0.25) is 0 Å². The van der Waals surface area contributed by atoms with Crippen molar-refractivity contribution in [2.75, 3.05) is 0 Å². The van der Waals surface area contributed by atoms with Gasteiger partial charge in [0.05, 0.1) is 5.56 Å². The number of rotatable bonds is 3. The molecule has 15 heavy (non-hydrogen) atoms. The first kappa shape index (κ1) is 9.32. The first-order valence-corrected chi connectivity index (χ1v) is 4.37. The van der Waals surface area contributed by atoms with E-state index in [9.17, 15) is 4.79 Å². The second kappa shape index (κ2) is 4.32. The van der Waals surface area contributed by atoms with Gasteiger partial charge in [0, 0.05) is 12.4 Å². The molecule has 76 valence electrons. The Balaban J connectivity index is 1.94. The molecule has 0 saturated heterocycles. The first-order valence-electron chi connectivity index (χ1n) is 4.37. The molecule has 2 heterocycles. The summed E-state index contributed by atoms with van der Waals surface area (Å²) < 4.78 is 1.52. The Morgan fingerprint density at radius 1 is 1.47 bits per heavy atom. The van der Waals surface area contributed by atoms with E-state index >= 15 is 0 Å². The van der Waals surface area contributed by atoms with Gasteiger partial charge < -0.3 is 5.32 Å². The van der Waals surface area contributed by atoms with E-state index in [2.05, 4.69) is 20.4 Å². The van der Waals surface area contributed by atoms with E-state index in [1.165, 1.54) is 23.5 Å². The molecule has 1 N–H and O–H groups in total. The van der Waals surface area contributed by atoms with Crippen LogP contribution in [-0.4, -0.2) is 25.7 Å². The smallest absolute Gasteiger partial charge is 0.254 e. The van der Waals surface area contributed by atoms with E-state index in [1.54, 1.807) is 18.3 Å². The number of nitrogens with one attached hydrogen (secondary N) is 1. The van der Waals surface area contributed by atoms with Crippen molar-refractivity contribution in [3.05, 3.63) is 42.7 Å². The lowest BCUT2D eigenvalue weighted by molar-refractivity contribution is 0.0939. The Morgan fingerprint density at radius 2 is 2.40 bits per heavy atom. The molecule has 0 aliphatic heterocycles. The lowest BCUT2D eigenvalue weighted by Gasteiger charge is -2.03. The summed E-state index contributed by atoms with van der Waals surface area (Å²) in [5, 5.41) is 6.54. The number of hydrogen-bond acceptors (Lipinski definition) is 4. The maximum absolute atomic E-state index is 11.5. The van der Waals surface area contributed by atoms with Crippen LogP contribution in [0, 0.1) is 0 Å². The topological polar surface area (TPSA) is 72.7 Å². The Bertz CT molecular complexity index is 425. The monoisotopic (exact) mass is 203 g/mol. The summed E-state index contributed by atoms with van der Waals surface area (Å²) in [6.45, 7) is 0.299. The minimum atomic E-state index is -0.182. The van der Waals surface area contributed by atoms with Gasteiger partial charge in [0.15, 0.2) is 0 Å². The van der Waals surface area contributed by atoms with Crippen molar-refractivity contribution in [3.63, 3.8) is 0 Å². The predicted molar refractivity (Wildman–Crippen MR) is 51.7 cm³/mol. The highest BCUT2D eigenvalue weighted by Crippen LogP contribution is 1.94. The summed E-state index contributed by atoms with van der Waals surface area (Å²) in [5.74, 6) is -0.182. The van der Waals surface area contributed by atoms with Crippen molar-refractivity contribution in [2.24, 2.45) is 0 Å². The average molecular weight is 203 g/mol. The number of carbonyl (C=O) groups excluding carboxylic acids is 1. The zero-order chi connectivity index (χ0) is 10.5. The van der Waals surface area contributed by atoms with Gasteiger partial charge in [0.25, 0.3) is 5.91 Å². The van der Waals surface area contributed by atoms with E-state index in [1.807, 2.05) is 0 Å². The van der Waals surface area contributed by atoms with Crippen molar-refractivity contribution >= 4 is 5.91 Å². The van der Waals surface area contributed by atoms with Gasteiger partial charge in [-0.1, -0.05) is 0 Å². The van der Waals surface area contributed by atoms with Crippen LogP contribution in [0.3, 0.4) is 0 Å². The molecule has 0 unspecified atom stereocenters. The zero-order valence-electron chi connectivity index (χ0n) is 7.87. The molecule has 0 saturated carbocycles. The lowest BCUT2D eigenvalue weighted by Crippen LogP contribution is -2.26. The quantitative estimate of drug-likeness (QED) is 0.765. The minimum absolute atomic E-state index is 0.182. The average Bonchev–Trinajstić information content (AvgIpc) is 2.80. The van der Waals surface area contributed by atoms with Crippen LogP contribution < -0.4 is 5.32 Å². The Hall–Kier alpha value is -2.24. The summed E-state index contributed by atoms with van der Waals surface area (Å²) in [4.78, 5) is 19.1. The van der Waals surface area contributed by atoms with Gasteiger partial charge >= 0.3 is 0 Å². The Morgan fingerprint density at radius 3 is 3.07 bits per heavy atom. The summed E-state index contributed by atoms with van der Waals surface area (Å²) in [6, 6.07) is 3.41. The van der Waals surface area contributed by atoms with Gasteiger partial charge in [-0.25, -0.2) is 9.67 Å². The van der Waals surface area contributed by atoms with Crippen molar-refractivity contribution < 1.29 is 4.79 Å². The van der Waals surface area contributed by atoms with Gasteiger partial charge in [-0.3, -0.25) is 9.78 Å². The van der Waals surface area contributed by atoms with Crippen molar-refractivity contribution in [1.82, 2.24) is 25.1 Å². The molecule has 0 bridgehead atoms. The fraction of sp³-hybridized carbons (Fsp3) is 0.111. The molecule has 0 aromatic carbocycles. The molecule has 2 rings (SSSR count). The van der Waals surface area contributed by atoms with Gasteiger partial charge in [0.2, 0.25) is 0 Å². The molecule has 6 nitrogen and oxygen atoms in total. The number of aromatic nitrogens is 4. The van der Waals surface area contributed by atoms with Crippen LogP contribution >= 0.6 is 0 Å². The molecule has 0 radical (unpaired) electrons. The molecule has 2 aromatic heterocycles. The summed E-state index contributed by atoms with van der Waals surface area (Å²) in [5.41, 5.74) is 0.526. The highest BCUT2D eigenvalue weighted by Gasteiger charge is 2.03. The fourth-order valence-electron chi connectivity index (χ4n) is 1.07. The van der Waals surface area contributed by atoms with E-state index in [0.717, 1.165) is 0 Å². The van der Waals surface area contributed by atoms with E-state index < -0.39 is 0 Å². The van der Waals surface area contributed by atoms with Crippen LogP contribution in [0.1, 0.15) is 10.4 Å². The van der Waals surface area contributed by atoms with Crippen molar-refractivity contribution in [2.45, 2.75) is 6.67 Å². The minimum Gasteiger partial charge on any atom is -0.333 e. The third-order valence-electron chi connectivity index (χ3n) is 1.79. The van der Waals surface area contributed by atoms with Crippen LogP contribution in [0.5, 0.6) is 0 Å². The number of hydrogen-bond donors (Lipinski definition) is 1. The van der Waals surface area contributed by atoms with Crippen LogP contribution in [0.4, 0.5) is 0 Å². The first-order chi connectivity index (χ1) is 7.36. The Labute approximate surface area is 86.0 Å². The summed E-state index contributed by atoms with van der Waals surface area (Å²) in [6.07, 6.45) is 6.07. The van der Waals surface area contributed by atoms with Gasteiger partial charge in [0.1, 0.15) is 19.3 Å². The SMILES string of the molecule is O=C(NCn1cncn1)c1cccnc1. The number of amides is 1. The normalized spacial score (nSPS) is 9.87. The molecule has 1 amide bonds. The number of nitrogens with zero attached hydrogens (tertiary/aromatic N) is 4. The molecule has 0 aliphatic carbocycles. The van der Waals surface area contributed by atoms with E-state index in [0.29, 0.717) is 12.2 Å². The molecule has 6 heteroatoms. The molecule has 2 aromatic rings. The number of pyridine rings is 1. The molecule has 0 aliphatic rings. The van der Waals surface area contributed by atoms with E-state index in [4.69, 9.17) is 0 Å². The standard InChI is InChI=1S/C9H9N5O/c15-9(8-2-1-3-10-4-8)12-7-14-6-11-5-13-14/h1-6H,7H2,(H,12,15). The third kappa shape index (κ3) is 2.37. The largest absolute Gasteiger partial charge is 0.333 e. The van der Waals surface area contributed by atoms with Crippen LogP contribution in [0.25, 0.3) is 0 Å². The lowest BCUT2D eigenvalue weighted by atomic mass is 10.3. The zero-order valence-corrected chi connectivity index (χ0v) is 7.87. The van der Waals surface area contributed by atoms with Crippen molar-refractivity contribution in [1.29, 1.82) is 0 Å². The van der Waals surface area contributed by atoms with Crippen LogP contribution in [-0.2, 0) is 6.67 Å². The van der Waals surface area contributed by atoms with Crippen molar-refractivity contribution in [3.8, 4) is 0 Å². The molecule has 0 fully saturated rings. The second-order valence-electron chi connectivity index (χ2n) is 2.84. The van der Waals surface area contributed by atoms with Gasteiger partial charge in [-0.15, -0.1) is 0 Å². The van der Waals surface area contributed by atoms with Crippen LogP contribution in [0.15, 0.2) is 37.2 Å². The molecular formula is C9H9N5O. The highest BCUT2D eigenvalue weighted by atomic mass is 16.1. The fourth-order valence-corrected chi connectivity index (χ4v) is 1.07. The third-order valence-corrected chi connectivity index (χ3v) is 1.79. The Kier molecular flexibility index (Phi) is 2.68. The highest BCUT2D eigenvalue weighted by molar-refractivity contribution is 5.93. The summed E-state index contributed by atoms with van der Waals surface area (Å²) in [7, 11) is 0. The second-order valence-corrected chi connectivity index (χ2v) is 2.84. The van der Waals surface area contributed by atoms with Gasteiger partial charge in [-0.05, 0) is 12.1 Å². The molecule has 0 spiro atoms. The molecular weight excluding hydrogens is 194 g/mol. The van der Waals surface area contributed by atoms with Gasteiger partial charge in [-0.2, -0.15) is 5.10 Å². The number of carbonyl (C=O) groups is 1. The maximum Gasteiger partial charge on any atom is 0.254 e. The van der Waals surface area contributed by atoms with E-state index in [-0.39, 0.29) is 5.91 Å². The predicted octanol–water partition coefficient (Wildman–Crippen LogP) is 0.0606. The summed E-state index contributed by atoms with van der Waals surface area (Å²) >= 11 is 0. The molecule has 0 atom stereocenters. The maximum atomic E-state index is 11.5.